The summed E-state index contributed by atoms with van der Waals surface area (Å²) in [4.78, 5) is 32.7. The zero-order chi connectivity index (χ0) is 55.2. The number of aromatic nitrogens is 14. The van der Waals surface area contributed by atoms with Crippen molar-refractivity contribution < 1.29 is 62.8 Å². The van der Waals surface area contributed by atoms with Gasteiger partial charge in [-0.1, -0.05) is 23.2 Å². The summed E-state index contributed by atoms with van der Waals surface area (Å²) in [6.07, 6.45) is 2.00. The van der Waals surface area contributed by atoms with Crippen molar-refractivity contribution in [3.05, 3.63) is 82.4 Å². The zero-order valence-electron chi connectivity index (χ0n) is 41.9. The van der Waals surface area contributed by atoms with Gasteiger partial charge in [-0.2, -0.15) is 19.9 Å². The lowest BCUT2D eigenvalue weighted by molar-refractivity contribution is 0.0135. The number of alkyl halides is 4. The lowest BCUT2D eigenvalue weighted by atomic mass is 9.73. The van der Waals surface area contributed by atoms with Crippen LogP contribution in [-0.2, 0) is 40.7 Å². The van der Waals surface area contributed by atoms with Crippen LogP contribution in [0.5, 0.6) is 23.5 Å². The fourth-order valence-corrected chi connectivity index (χ4v) is 11.8. The first-order valence-corrected chi connectivity index (χ1v) is 27.2. The van der Waals surface area contributed by atoms with Crippen molar-refractivity contribution in [1.82, 2.24) is 69.4 Å². The van der Waals surface area contributed by atoms with E-state index in [0.717, 1.165) is 0 Å². The van der Waals surface area contributed by atoms with Crippen molar-refractivity contribution in [2.75, 3.05) is 42.7 Å². The molecule has 0 unspecified atom stereocenters. The standard InChI is InChI=1S/2C22H26ClF2N7O5S/c2*1-11(17(35-2)19-26-7-12(23)8-27-19)38(33,34)9-15-30-31-20(14-6-5-13(14)18(24)25)32(15)16-21(36-3)28-10-29-22(16)37-4/h2*7-8,10-11,13-14,17-18H,5-6,9H2,1-4H3/t11-,13+,14-,17-;11-,13-,14+,17-/m00/s1. The molecule has 6 aromatic heterocycles. The van der Waals surface area contributed by atoms with Gasteiger partial charge in [0.1, 0.15) is 48.0 Å². The largest absolute Gasteiger partial charge is 0.479 e. The highest BCUT2D eigenvalue weighted by atomic mass is 35.5. The van der Waals surface area contributed by atoms with E-state index >= 15 is 0 Å². The molecule has 6 heterocycles. The van der Waals surface area contributed by atoms with Crippen LogP contribution >= 0.6 is 23.2 Å². The quantitative estimate of drug-likeness (QED) is 0.0711. The Bertz CT molecular complexity index is 2920. The van der Waals surface area contributed by atoms with Gasteiger partial charge < -0.3 is 28.4 Å². The summed E-state index contributed by atoms with van der Waals surface area (Å²) in [5, 5.41) is 14.8. The molecule has 0 aliphatic heterocycles. The molecule has 0 aromatic carbocycles. The Hall–Kier alpha value is -6.08. The van der Waals surface area contributed by atoms with Crippen LogP contribution in [0.3, 0.4) is 0 Å². The van der Waals surface area contributed by atoms with Gasteiger partial charge >= 0.3 is 0 Å². The molecule has 8 rings (SSSR count). The minimum atomic E-state index is -4.02. The fraction of sp³-hybridized carbons (Fsp3) is 0.545. The third-order valence-electron chi connectivity index (χ3n) is 13.2. The van der Waals surface area contributed by atoms with Gasteiger partial charge in [0.2, 0.25) is 36.4 Å². The Balaban J connectivity index is 0.000000221. The molecular weight excluding hydrogens is 1100 g/mol. The van der Waals surface area contributed by atoms with Gasteiger partial charge in [-0.3, -0.25) is 9.13 Å². The summed E-state index contributed by atoms with van der Waals surface area (Å²) in [6, 6.07) is 0. The van der Waals surface area contributed by atoms with Crippen molar-refractivity contribution in [2.24, 2.45) is 11.8 Å². The van der Waals surface area contributed by atoms with E-state index in [1.165, 1.54) is 103 Å². The highest BCUT2D eigenvalue weighted by Crippen LogP contribution is 2.48. The second-order valence-electron chi connectivity index (χ2n) is 17.3. The normalized spacial score (nSPS) is 19.2. The smallest absolute Gasteiger partial charge is 0.245 e. The van der Waals surface area contributed by atoms with Gasteiger partial charge in [-0.05, 0) is 39.5 Å². The topological polar surface area (TPSA) is 288 Å². The first-order valence-electron chi connectivity index (χ1n) is 23.0. The van der Waals surface area contributed by atoms with Gasteiger partial charge in [0.05, 0.1) is 49.0 Å². The molecule has 412 valence electrons. The summed E-state index contributed by atoms with van der Waals surface area (Å²) in [7, 11) is 0.0727. The fourth-order valence-electron chi connectivity index (χ4n) is 8.74. The number of ether oxygens (including phenoxy) is 6. The monoisotopic (exact) mass is 1150 g/mol. The van der Waals surface area contributed by atoms with Gasteiger partial charge in [0.25, 0.3) is 0 Å². The number of methoxy groups -OCH3 is 6. The average molecular weight is 1150 g/mol. The Kier molecular flexibility index (Phi) is 18.6. The lowest BCUT2D eigenvalue weighted by Crippen LogP contribution is -2.33. The molecule has 2 fully saturated rings. The van der Waals surface area contributed by atoms with Crippen molar-refractivity contribution in [2.45, 2.75) is 98.4 Å². The van der Waals surface area contributed by atoms with E-state index in [-0.39, 0.29) is 79.9 Å². The van der Waals surface area contributed by atoms with Crippen LogP contribution in [0, 0.1) is 11.8 Å². The van der Waals surface area contributed by atoms with Crippen LogP contribution in [0.15, 0.2) is 37.4 Å². The third kappa shape index (κ3) is 11.9. The molecule has 0 bridgehead atoms. The van der Waals surface area contributed by atoms with Crippen LogP contribution in [0.1, 0.15) is 98.5 Å². The van der Waals surface area contributed by atoms with E-state index in [9.17, 15) is 34.4 Å². The molecule has 32 heteroatoms. The molecule has 6 aromatic rings. The Morgan fingerprint density at radius 3 is 1.09 bits per heavy atom. The third-order valence-corrected chi connectivity index (χ3v) is 17.6. The predicted molar refractivity (Wildman–Crippen MR) is 261 cm³/mol. The summed E-state index contributed by atoms with van der Waals surface area (Å²) in [5.41, 5.74) is 0.221. The molecule has 0 N–H and O–H groups in total. The minimum Gasteiger partial charge on any atom is -0.479 e. The van der Waals surface area contributed by atoms with E-state index in [2.05, 4.69) is 60.3 Å². The molecule has 2 saturated carbocycles. The van der Waals surface area contributed by atoms with E-state index < -0.39 is 90.4 Å². The molecule has 0 spiro atoms. The first-order chi connectivity index (χ1) is 36.2. The summed E-state index contributed by atoms with van der Waals surface area (Å²) >= 11 is 11.7. The lowest BCUT2D eigenvalue weighted by Gasteiger charge is -2.35. The second kappa shape index (κ2) is 24.5. The van der Waals surface area contributed by atoms with E-state index in [1.54, 1.807) is 0 Å². The zero-order valence-corrected chi connectivity index (χ0v) is 45.1. The molecule has 2 aliphatic rings. The van der Waals surface area contributed by atoms with Crippen molar-refractivity contribution >= 4 is 42.9 Å². The van der Waals surface area contributed by atoms with Crippen LogP contribution in [-0.4, -0.2) is 152 Å². The number of rotatable bonds is 22. The molecule has 0 radical (unpaired) electrons. The van der Waals surface area contributed by atoms with Gasteiger partial charge in [0, 0.05) is 62.7 Å². The highest BCUT2D eigenvalue weighted by molar-refractivity contribution is 7.91. The van der Waals surface area contributed by atoms with E-state index in [4.69, 9.17) is 51.6 Å². The Labute approximate surface area is 443 Å². The van der Waals surface area contributed by atoms with E-state index in [0.29, 0.717) is 25.7 Å². The number of halogens is 6. The minimum absolute atomic E-state index is 0.0295. The maximum Gasteiger partial charge on any atom is 0.245 e. The molecular formula is C44H52Cl2F4N14O10S2. The molecule has 0 saturated heterocycles. The molecule has 2 aliphatic carbocycles. The van der Waals surface area contributed by atoms with Crippen LogP contribution < -0.4 is 18.9 Å². The van der Waals surface area contributed by atoms with Crippen molar-refractivity contribution in [1.29, 1.82) is 0 Å². The summed E-state index contributed by atoms with van der Waals surface area (Å²) < 4.78 is 144. The SMILES string of the molecule is COc1ncnc(OC)c1-n1c(CS(=O)(=O)[C@@H](C)[C@H](OC)c2ncc(Cl)cn2)nnc1[C@@H]1CC[C@@H]1C(F)F.COc1ncnc(OC)c1-n1c(CS(=O)(=O)[C@@H](C)[C@H](OC)c2ncc(Cl)cn2)nnc1[C@H]1CC[C@H]1C(F)F. The Morgan fingerprint density at radius 1 is 0.526 bits per heavy atom. The van der Waals surface area contributed by atoms with Crippen molar-refractivity contribution in [3.63, 3.8) is 0 Å². The molecule has 8 atom stereocenters. The van der Waals surface area contributed by atoms with Gasteiger partial charge in [-0.25, -0.2) is 54.3 Å². The maximum atomic E-state index is 13.7. The predicted octanol–water partition coefficient (Wildman–Crippen LogP) is 5.94. The number of hydrogen-bond donors (Lipinski definition) is 0. The molecule has 24 nitrogen and oxygen atoms in total. The van der Waals surface area contributed by atoms with Crippen LogP contribution in [0.2, 0.25) is 10.0 Å². The number of nitrogens with zero attached hydrogens (tertiary/aromatic N) is 14. The van der Waals surface area contributed by atoms with Gasteiger partial charge in [-0.15, -0.1) is 20.4 Å². The van der Waals surface area contributed by atoms with E-state index in [1.807, 2.05) is 0 Å². The number of sulfone groups is 2. The molecule has 0 amide bonds. The highest BCUT2D eigenvalue weighted by Gasteiger charge is 2.46. The Morgan fingerprint density at radius 2 is 0.842 bits per heavy atom. The summed E-state index contributed by atoms with van der Waals surface area (Å²) in [6.45, 7) is 2.91. The maximum absolute atomic E-state index is 13.7. The second-order valence-corrected chi connectivity index (χ2v) is 22.9. The van der Waals surface area contributed by atoms with Crippen molar-refractivity contribution in [3.8, 4) is 34.9 Å². The van der Waals surface area contributed by atoms with Gasteiger partial charge in [0.15, 0.2) is 54.3 Å². The average Bonchev–Trinajstić information content (AvgIpc) is 3.95. The summed E-state index contributed by atoms with van der Waals surface area (Å²) in [5.74, 6) is -3.92. The first kappa shape index (κ1) is 57.6. The van der Waals surface area contributed by atoms with Crippen LogP contribution in [0.25, 0.3) is 11.4 Å². The van der Waals surface area contributed by atoms with Crippen LogP contribution in [0.4, 0.5) is 17.6 Å². The molecule has 76 heavy (non-hydrogen) atoms. The number of hydrogen-bond acceptors (Lipinski definition) is 22.